The van der Waals surface area contributed by atoms with Gasteiger partial charge in [0.25, 0.3) is 0 Å². The molecule has 3 rings (SSSR count). The number of pyridine rings is 1. The Morgan fingerprint density at radius 2 is 1.96 bits per heavy atom. The first-order valence-corrected chi connectivity index (χ1v) is 7.78. The molecule has 1 unspecified atom stereocenters. The molecule has 0 radical (unpaired) electrons. The minimum atomic E-state index is -0.479. The van der Waals surface area contributed by atoms with Crippen molar-refractivity contribution in [2.24, 2.45) is 4.99 Å². The van der Waals surface area contributed by atoms with Crippen LogP contribution >= 0.6 is 11.6 Å². The first-order chi connectivity index (χ1) is 11.6. The summed E-state index contributed by atoms with van der Waals surface area (Å²) in [5, 5.41) is 3.78. The highest BCUT2D eigenvalue weighted by atomic mass is 35.5. The second-order valence-corrected chi connectivity index (χ2v) is 5.74. The topological polar surface area (TPSA) is 63.6 Å². The van der Waals surface area contributed by atoms with Crippen molar-refractivity contribution in [1.29, 1.82) is 0 Å². The van der Waals surface area contributed by atoms with Crippen molar-refractivity contribution in [2.75, 3.05) is 7.11 Å². The van der Waals surface area contributed by atoms with Gasteiger partial charge in [-0.3, -0.25) is 9.98 Å². The molecule has 0 aliphatic carbocycles. The molecule has 1 aliphatic rings. The third-order valence-electron chi connectivity index (χ3n) is 3.74. The maximum absolute atomic E-state index is 12.2. The van der Waals surface area contributed by atoms with Crippen LogP contribution in [0.5, 0.6) is 0 Å². The van der Waals surface area contributed by atoms with Crippen LogP contribution in [-0.4, -0.2) is 23.9 Å². The van der Waals surface area contributed by atoms with Gasteiger partial charge in [-0.15, -0.1) is 0 Å². The van der Waals surface area contributed by atoms with Crippen LogP contribution in [0.2, 0.25) is 5.02 Å². The van der Waals surface area contributed by atoms with Crippen LogP contribution in [0, 0.1) is 0 Å². The number of ether oxygens (including phenoxy) is 1. The van der Waals surface area contributed by atoms with Gasteiger partial charge in [-0.05, 0) is 36.8 Å². The summed E-state index contributed by atoms with van der Waals surface area (Å²) in [7, 11) is 1.36. The highest BCUT2D eigenvalue weighted by molar-refractivity contribution is 6.30. The predicted octanol–water partition coefficient (Wildman–Crippen LogP) is 3.27. The van der Waals surface area contributed by atoms with Gasteiger partial charge < -0.3 is 10.1 Å². The van der Waals surface area contributed by atoms with Crippen molar-refractivity contribution in [3.05, 3.63) is 76.2 Å². The first kappa shape index (κ1) is 16.2. The summed E-state index contributed by atoms with van der Waals surface area (Å²) in [6.07, 6.45) is 1.70. The van der Waals surface area contributed by atoms with Gasteiger partial charge in [0.1, 0.15) is 11.7 Å². The van der Waals surface area contributed by atoms with Crippen LogP contribution < -0.4 is 5.32 Å². The maximum Gasteiger partial charge on any atom is 0.338 e. The van der Waals surface area contributed by atoms with E-state index in [9.17, 15) is 4.79 Å². The summed E-state index contributed by atoms with van der Waals surface area (Å²) in [5.74, 6) is 0.199. The predicted molar refractivity (Wildman–Crippen MR) is 92.8 cm³/mol. The zero-order valence-electron chi connectivity index (χ0n) is 13.3. The molecule has 2 heterocycles. The second kappa shape index (κ2) is 6.84. The van der Waals surface area contributed by atoms with Gasteiger partial charge in [0.2, 0.25) is 0 Å². The zero-order chi connectivity index (χ0) is 17.1. The number of methoxy groups -OCH3 is 1. The number of nitrogens with zero attached hydrogens (tertiary/aromatic N) is 2. The summed E-state index contributed by atoms with van der Waals surface area (Å²) in [5.41, 5.74) is 2.73. The summed E-state index contributed by atoms with van der Waals surface area (Å²) in [4.78, 5) is 21.3. The number of rotatable bonds is 3. The van der Waals surface area contributed by atoms with Gasteiger partial charge in [-0.2, -0.15) is 0 Å². The average molecular weight is 342 g/mol. The monoisotopic (exact) mass is 341 g/mol. The second-order valence-electron chi connectivity index (χ2n) is 5.30. The average Bonchev–Trinajstić information content (AvgIpc) is 2.62. The Hall–Kier alpha value is -2.66. The largest absolute Gasteiger partial charge is 0.466 e. The fourth-order valence-corrected chi connectivity index (χ4v) is 2.70. The van der Waals surface area contributed by atoms with Crippen LogP contribution in [0.4, 0.5) is 0 Å². The van der Waals surface area contributed by atoms with E-state index in [-0.39, 0.29) is 0 Å². The molecule has 0 saturated carbocycles. The molecule has 1 aliphatic heterocycles. The molecule has 1 aromatic carbocycles. The zero-order valence-corrected chi connectivity index (χ0v) is 14.0. The van der Waals surface area contributed by atoms with E-state index in [0.29, 0.717) is 27.8 Å². The normalized spacial score (nSPS) is 17.1. The Balaban J connectivity index is 2.09. The lowest BCUT2D eigenvalue weighted by atomic mass is 9.96. The minimum Gasteiger partial charge on any atom is -0.466 e. The molecule has 24 heavy (non-hydrogen) atoms. The standard InChI is InChI=1S/C18H16ClN3O2/c1-11-15(18(23)24-2)16(12-6-8-13(19)9-7-12)22-17(21-11)14-5-3-4-10-20-14/h3-10,16H,1-2H3,(H,21,22). The quantitative estimate of drug-likeness (QED) is 0.870. The first-order valence-electron chi connectivity index (χ1n) is 7.41. The highest BCUT2D eigenvalue weighted by Gasteiger charge is 2.30. The van der Waals surface area contributed by atoms with Crippen LogP contribution in [0.15, 0.2) is 64.9 Å². The van der Waals surface area contributed by atoms with E-state index in [1.54, 1.807) is 18.3 Å². The van der Waals surface area contributed by atoms with Gasteiger partial charge in [0.15, 0.2) is 5.84 Å². The van der Waals surface area contributed by atoms with Gasteiger partial charge in [-0.1, -0.05) is 29.8 Å². The molecule has 0 spiro atoms. The number of halogens is 1. The van der Waals surface area contributed by atoms with E-state index in [1.807, 2.05) is 37.3 Å². The van der Waals surface area contributed by atoms with E-state index in [4.69, 9.17) is 21.3 Å². The Labute approximate surface area is 145 Å². The van der Waals surface area contributed by atoms with Crippen molar-refractivity contribution in [1.82, 2.24) is 10.3 Å². The Morgan fingerprint density at radius 1 is 1.21 bits per heavy atom. The number of esters is 1. The molecule has 0 amide bonds. The number of aliphatic imine (C=N–C) groups is 1. The van der Waals surface area contributed by atoms with Gasteiger partial charge >= 0.3 is 5.97 Å². The molecule has 1 aromatic heterocycles. The number of amidine groups is 1. The third-order valence-corrected chi connectivity index (χ3v) is 3.99. The van der Waals surface area contributed by atoms with Crippen LogP contribution in [0.3, 0.4) is 0 Å². The van der Waals surface area contributed by atoms with Crippen molar-refractivity contribution < 1.29 is 9.53 Å². The lowest BCUT2D eigenvalue weighted by Crippen LogP contribution is -2.33. The van der Waals surface area contributed by atoms with E-state index < -0.39 is 12.0 Å². The fraction of sp³-hybridized carbons (Fsp3) is 0.167. The number of hydrogen-bond donors (Lipinski definition) is 1. The number of aromatic nitrogens is 1. The van der Waals surface area contributed by atoms with E-state index >= 15 is 0 Å². The van der Waals surface area contributed by atoms with Gasteiger partial charge in [-0.25, -0.2) is 4.79 Å². The molecule has 122 valence electrons. The fourth-order valence-electron chi connectivity index (χ4n) is 2.57. The lowest BCUT2D eigenvalue weighted by Gasteiger charge is -2.25. The molecule has 6 heteroatoms. The molecule has 0 saturated heterocycles. The number of hydrogen-bond acceptors (Lipinski definition) is 5. The number of nitrogens with one attached hydrogen (secondary N) is 1. The SMILES string of the molecule is COC(=O)C1=C(C)NC(c2ccccn2)=NC1c1ccc(Cl)cc1. The molecule has 5 nitrogen and oxygen atoms in total. The smallest absolute Gasteiger partial charge is 0.338 e. The Bertz CT molecular complexity index is 814. The molecule has 0 bridgehead atoms. The van der Waals surface area contributed by atoms with E-state index in [2.05, 4.69) is 10.3 Å². The van der Waals surface area contributed by atoms with Crippen LogP contribution in [0.1, 0.15) is 24.2 Å². The van der Waals surface area contributed by atoms with Crippen LogP contribution in [-0.2, 0) is 9.53 Å². The molecule has 1 N–H and O–H groups in total. The van der Waals surface area contributed by atoms with Gasteiger partial charge in [0.05, 0.1) is 12.7 Å². The highest BCUT2D eigenvalue weighted by Crippen LogP contribution is 2.32. The number of carbonyl (C=O) groups is 1. The molecule has 2 aromatic rings. The number of allylic oxidation sites excluding steroid dienone is 1. The minimum absolute atomic E-state index is 0.413. The number of benzene rings is 1. The van der Waals surface area contributed by atoms with Crippen molar-refractivity contribution in [2.45, 2.75) is 13.0 Å². The van der Waals surface area contributed by atoms with E-state index in [1.165, 1.54) is 7.11 Å². The van der Waals surface area contributed by atoms with Crippen molar-refractivity contribution >= 4 is 23.4 Å². The van der Waals surface area contributed by atoms with Gasteiger partial charge in [0, 0.05) is 16.9 Å². The molecule has 0 fully saturated rings. The van der Waals surface area contributed by atoms with Crippen molar-refractivity contribution in [3.63, 3.8) is 0 Å². The maximum atomic E-state index is 12.2. The van der Waals surface area contributed by atoms with Crippen molar-refractivity contribution in [3.8, 4) is 0 Å². The lowest BCUT2D eigenvalue weighted by molar-refractivity contribution is -0.136. The Kier molecular flexibility index (Phi) is 4.62. The van der Waals surface area contributed by atoms with E-state index in [0.717, 1.165) is 5.56 Å². The summed E-state index contributed by atoms with van der Waals surface area (Å²) < 4.78 is 4.93. The third kappa shape index (κ3) is 3.16. The summed E-state index contributed by atoms with van der Waals surface area (Å²) in [6.45, 7) is 1.83. The Morgan fingerprint density at radius 3 is 2.58 bits per heavy atom. The molecular formula is C18H16ClN3O2. The summed E-state index contributed by atoms with van der Waals surface area (Å²) >= 11 is 5.97. The summed E-state index contributed by atoms with van der Waals surface area (Å²) in [6, 6.07) is 12.4. The molecule has 1 atom stereocenters. The molecular weight excluding hydrogens is 326 g/mol. The number of carbonyl (C=O) groups excluding carboxylic acids is 1. The van der Waals surface area contributed by atoms with Crippen LogP contribution in [0.25, 0.3) is 0 Å².